The number of hydrogen-bond donors (Lipinski definition) is 2. The Balaban J connectivity index is 1.82. The van der Waals surface area contributed by atoms with Crippen molar-refractivity contribution in [1.82, 2.24) is 20.8 Å². The average Bonchev–Trinajstić information content (AvgIpc) is 3.08. The second-order valence-electron chi connectivity index (χ2n) is 7.98. The Morgan fingerprint density at radius 3 is 2.43 bits per heavy atom. The summed E-state index contributed by atoms with van der Waals surface area (Å²) in [5.41, 5.74) is 2.11. The van der Waals surface area contributed by atoms with E-state index in [1.54, 1.807) is 0 Å². The van der Waals surface area contributed by atoms with Crippen LogP contribution in [0, 0.1) is 5.92 Å². The van der Waals surface area contributed by atoms with Crippen LogP contribution >= 0.6 is 11.8 Å². The van der Waals surface area contributed by atoms with E-state index in [0.717, 1.165) is 23.7 Å². The number of amides is 3. The molecule has 1 aromatic heterocycles. The van der Waals surface area contributed by atoms with Gasteiger partial charge >= 0.3 is 6.03 Å². The van der Waals surface area contributed by atoms with E-state index < -0.39 is 11.9 Å². The Kier molecular flexibility index (Phi) is 7.62. The molecule has 3 amide bonds. The molecule has 2 N–H and O–H groups in total. The van der Waals surface area contributed by atoms with Crippen LogP contribution in [0.5, 0.6) is 0 Å². The SMILES string of the molecule is CC(C)CCNC(=O)NC(=O)CSc1nnc(-c2ccc(C(C)(C)C)cc2)o1. The minimum absolute atomic E-state index is 0.0161. The van der Waals surface area contributed by atoms with Crippen LogP contribution in [0.4, 0.5) is 4.79 Å². The van der Waals surface area contributed by atoms with Gasteiger partial charge in [0.25, 0.3) is 5.22 Å². The number of aromatic nitrogens is 2. The highest BCUT2D eigenvalue weighted by Gasteiger charge is 2.16. The summed E-state index contributed by atoms with van der Waals surface area (Å²) >= 11 is 1.09. The van der Waals surface area contributed by atoms with Gasteiger partial charge in [-0.1, -0.05) is 58.5 Å². The summed E-state index contributed by atoms with van der Waals surface area (Å²) in [5.74, 6) is 0.487. The van der Waals surface area contributed by atoms with Gasteiger partial charge in [0.2, 0.25) is 11.8 Å². The predicted molar refractivity (Wildman–Crippen MR) is 110 cm³/mol. The van der Waals surface area contributed by atoms with Crippen molar-refractivity contribution in [1.29, 1.82) is 0 Å². The van der Waals surface area contributed by atoms with E-state index in [1.807, 2.05) is 24.3 Å². The van der Waals surface area contributed by atoms with Crippen LogP contribution in [0.25, 0.3) is 11.5 Å². The molecule has 7 nitrogen and oxygen atoms in total. The maximum atomic E-state index is 11.8. The van der Waals surface area contributed by atoms with Gasteiger partial charge in [-0.15, -0.1) is 10.2 Å². The number of nitrogens with zero attached hydrogens (tertiary/aromatic N) is 2. The summed E-state index contributed by atoms with van der Waals surface area (Å²) in [6.45, 7) is 11.1. The zero-order valence-electron chi connectivity index (χ0n) is 17.0. The highest BCUT2D eigenvalue weighted by Crippen LogP contribution is 2.27. The van der Waals surface area contributed by atoms with E-state index in [-0.39, 0.29) is 16.4 Å². The van der Waals surface area contributed by atoms with Crippen LogP contribution in [0.15, 0.2) is 33.9 Å². The van der Waals surface area contributed by atoms with Crippen LogP contribution in [0.3, 0.4) is 0 Å². The Bertz CT molecular complexity index is 795. The van der Waals surface area contributed by atoms with Gasteiger partial charge in [-0.25, -0.2) is 4.79 Å². The molecule has 0 saturated carbocycles. The molecule has 0 atom stereocenters. The van der Waals surface area contributed by atoms with Crippen molar-refractivity contribution in [3.8, 4) is 11.5 Å². The van der Waals surface area contributed by atoms with Crippen molar-refractivity contribution in [2.75, 3.05) is 12.3 Å². The van der Waals surface area contributed by atoms with Crippen LogP contribution in [0.1, 0.15) is 46.6 Å². The molecule has 28 heavy (non-hydrogen) atoms. The first kappa shape index (κ1) is 21.9. The fourth-order valence-electron chi connectivity index (χ4n) is 2.31. The summed E-state index contributed by atoms with van der Waals surface area (Å²) in [4.78, 5) is 23.5. The van der Waals surface area contributed by atoms with E-state index in [1.165, 1.54) is 5.56 Å². The molecule has 0 aliphatic carbocycles. The summed E-state index contributed by atoms with van der Waals surface area (Å²) in [6, 6.07) is 7.47. The fourth-order valence-corrected chi connectivity index (χ4v) is 2.87. The van der Waals surface area contributed by atoms with E-state index >= 15 is 0 Å². The molecule has 0 fully saturated rings. The molecule has 8 heteroatoms. The molecule has 1 aromatic carbocycles. The number of thioether (sulfide) groups is 1. The Morgan fingerprint density at radius 2 is 1.82 bits per heavy atom. The van der Waals surface area contributed by atoms with Crippen molar-refractivity contribution < 1.29 is 14.0 Å². The zero-order chi connectivity index (χ0) is 20.7. The number of carbonyl (C=O) groups excluding carboxylic acids is 2. The van der Waals surface area contributed by atoms with Gasteiger partial charge in [-0.2, -0.15) is 0 Å². The average molecular weight is 405 g/mol. The molecular formula is C20H28N4O3S. The smallest absolute Gasteiger partial charge is 0.321 e. The second kappa shape index (κ2) is 9.73. The summed E-state index contributed by atoms with van der Waals surface area (Å²) in [6.07, 6.45) is 0.859. The first-order chi connectivity index (χ1) is 13.1. The maximum absolute atomic E-state index is 11.8. The molecule has 0 saturated heterocycles. The third-order valence-electron chi connectivity index (χ3n) is 3.99. The third kappa shape index (κ3) is 6.99. The summed E-state index contributed by atoms with van der Waals surface area (Å²) in [7, 11) is 0. The number of benzene rings is 1. The predicted octanol–water partition coefficient (Wildman–Crippen LogP) is 4.00. The van der Waals surface area contributed by atoms with Crippen LogP contribution in [0.2, 0.25) is 0 Å². The largest absolute Gasteiger partial charge is 0.411 e. The molecule has 0 unspecified atom stereocenters. The third-order valence-corrected chi connectivity index (χ3v) is 4.81. The van der Waals surface area contributed by atoms with Crippen molar-refractivity contribution >= 4 is 23.7 Å². The maximum Gasteiger partial charge on any atom is 0.321 e. The minimum atomic E-state index is -0.489. The normalized spacial score (nSPS) is 11.5. The molecule has 1 heterocycles. The number of urea groups is 1. The first-order valence-corrected chi connectivity index (χ1v) is 10.3. The topological polar surface area (TPSA) is 97.1 Å². The van der Waals surface area contributed by atoms with E-state index in [4.69, 9.17) is 4.42 Å². The molecule has 152 valence electrons. The first-order valence-electron chi connectivity index (χ1n) is 9.30. The van der Waals surface area contributed by atoms with Crippen molar-refractivity contribution in [2.24, 2.45) is 5.92 Å². The van der Waals surface area contributed by atoms with Gasteiger partial charge in [0.1, 0.15) is 0 Å². The lowest BCUT2D eigenvalue weighted by molar-refractivity contribution is -0.117. The molecule has 0 radical (unpaired) electrons. The van der Waals surface area contributed by atoms with Crippen molar-refractivity contribution in [2.45, 2.75) is 51.7 Å². The van der Waals surface area contributed by atoms with Crippen LogP contribution in [-0.2, 0) is 10.2 Å². The Hall–Kier alpha value is -2.35. The molecule has 0 bridgehead atoms. The van der Waals surface area contributed by atoms with E-state index in [2.05, 4.69) is 55.4 Å². The van der Waals surface area contributed by atoms with Crippen LogP contribution in [-0.4, -0.2) is 34.4 Å². The van der Waals surface area contributed by atoms with Crippen LogP contribution < -0.4 is 10.6 Å². The number of nitrogens with one attached hydrogen (secondary N) is 2. The molecular weight excluding hydrogens is 376 g/mol. The molecule has 2 rings (SSSR count). The van der Waals surface area contributed by atoms with E-state index in [0.29, 0.717) is 18.4 Å². The lowest BCUT2D eigenvalue weighted by Crippen LogP contribution is -2.40. The van der Waals surface area contributed by atoms with Gasteiger partial charge in [0.05, 0.1) is 5.75 Å². The number of carbonyl (C=O) groups is 2. The lowest BCUT2D eigenvalue weighted by atomic mass is 9.87. The van der Waals surface area contributed by atoms with E-state index in [9.17, 15) is 9.59 Å². The van der Waals surface area contributed by atoms with Crippen molar-refractivity contribution in [3.05, 3.63) is 29.8 Å². The molecule has 0 aliphatic rings. The Morgan fingerprint density at radius 1 is 1.14 bits per heavy atom. The van der Waals surface area contributed by atoms with Gasteiger partial charge in [-0.05, 0) is 35.4 Å². The summed E-state index contributed by atoms with van der Waals surface area (Å²) in [5, 5.41) is 13.2. The fraction of sp³-hybridized carbons (Fsp3) is 0.500. The Labute approximate surface area is 170 Å². The standard InChI is InChI=1S/C20H28N4O3S/c1-13(2)10-11-21-18(26)22-16(25)12-28-19-24-23-17(27-19)14-6-8-15(9-7-14)20(3,4)5/h6-9,13H,10-12H2,1-5H3,(H2,21,22,25,26). The summed E-state index contributed by atoms with van der Waals surface area (Å²) < 4.78 is 5.60. The van der Waals surface area contributed by atoms with Gasteiger partial charge < -0.3 is 9.73 Å². The molecule has 0 aliphatic heterocycles. The highest BCUT2D eigenvalue weighted by molar-refractivity contribution is 7.99. The monoisotopic (exact) mass is 404 g/mol. The zero-order valence-corrected chi connectivity index (χ0v) is 17.9. The van der Waals surface area contributed by atoms with Gasteiger partial charge in [0.15, 0.2) is 0 Å². The number of hydrogen-bond acceptors (Lipinski definition) is 6. The molecule has 0 spiro atoms. The quantitative estimate of drug-likeness (QED) is 0.677. The number of rotatable bonds is 7. The van der Waals surface area contributed by atoms with Gasteiger partial charge in [0, 0.05) is 12.1 Å². The second-order valence-corrected chi connectivity index (χ2v) is 8.90. The molecule has 2 aromatic rings. The minimum Gasteiger partial charge on any atom is -0.411 e. The van der Waals surface area contributed by atoms with Crippen molar-refractivity contribution in [3.63, 3.8) is 0 Å². The van der Waals surface area contributed by atoms with Gasteiger partial charge in [-0.3, -0.25) is 10.1 Å². The number of imide groups is 1. The lowest BCUT2D eigenvalue weighted by Gasteiger charge is -2.18. The highest BCUT2D eigenvalue weighted by atomic mass is 32.2.